The summed E-state index contributed by atoms with van der Waals surface area (Å²) in [6.07, 6.45) is -3.62. The minimum absolute atomic E-state index is 0.371. The topological polar surface area (TPSA) is 50.8 Å². The average Bonchev–Trinajstić information content (AvgIpc) is 3.10. The Balaban J connectivity index is 1.72. The van der Waals surface area contributed by atoms with E-state index in [1.807, 2.05) is 18.2 Å². The van der Waals surface area contributed by atoms with Crippen molar-refractivity contribution in [3.05, 3.63) is 64.8 Å². The van der Waals surface area contributed by atoms with Crippen LogP contribution in [0.2, 0.25) is 5.02 Å². The summed E-state index contributed by atoms with van der Waals surface area (Å²) in [7, 11) is 1.59. The van der Waals surface area contributed by atoms with E-state index in [1.165, 1.54) is 0 Å². The Morgan fingerprint density at radius 3 is 2.52 bits per heavy atom. The number of methoxy groups -OCH3 is 1. The third-order valence-corrected chi connectivity index (χ3v) is 4.90. The highest BCUT2D eigenvalue weighted by atomic mass is 35.5. The van der Waals surface area contributed by atoms with Crippen LogP contribution < -0.4 is 4.74 Å². The van der Waals surface area contributed by atoms with E-state index in [0.29, 0.717) is 33.4 Å². The minimum Gasteiger partial charge on any atom is -0.497 e. The van der Waals surface area contributed by atoms with E-state index in [0.717, 1.165) is 28.9 Å². The third kappa shape index (κ3) is 3.65. The number of aromatic amines is 1. The number of aryl methyl sites for hydroxylation is 1. The van der Waals surface area contributed by atoms with Gasteiger partial charge in [0, 0.05) is 23.4 Å². The molecule has 2 heterocycles. The fraction of sp³-hybridized carbons (Fsp3) is 0.143. The van der Waals surface area contributed by atoms with E-state index in [9.17, 15) is 13.2 Å². The number of ether oxygens (including phenoxy) is 1. The van der Waals surface area contributed by atoms with Crippen LogP contribution in [0.25, 0.3) is 33.7 Å². The summed E-state index contributed by atoms with van der Waals surface area (Å²) in [6.45, 7) is 1.58. The molecule has 0 aliphatic rings. The summed E-state index contributed by atoms with van der Waals surface area (Å²) in [6, 6.07) is 11.8. The standard InChI is InChI=1S/C21H15ClF3N3O/c1-11-7-13(21(23,24)25)10-26-19(11)15-5-3-12(8-16(15)22)20-27-17-6-4-14(29-2)9-18(17)28-20/h3-10H,1-2H3,(H,27,28). The van der Waals surface area contributed by atoms with Gasteiger partial charge in [0.05, 0.1) is 34.4 Å². The molecule has 0 bridgehead atoms. The SMILES string of the molecule is COc1ccc2nc(-c3ccc(-c4ncc(C(F)(F)F)cc4C)c(Cl)c3)[nH]c2c1. The van der Waals surface area contributed by atoms with Gasteiger partial charge in [0.15, 0.2) is 0 Å². The number of nitrogens with zero attached hydrogens (tertiary/aromatic N) is 2. The van der Waals surface area contributed by atoms with Gasteiger partial charge in [-0.05, 0) is 36.8 Å². The van der Waals surface area contributed by atoms with Gasteiger partial charge in [0.2, 0.25) is 0 Å². The molecule has 0 fully saturated rings. The molecule has 4 rings (SSSR count). The maximum atomic E-state index is 12.9. The summed E-state index contributed by atoms with van der Waals surface area (Å²) >= 11 is 6.44. The Bertz CT molecular complexity index is 1220. The van der Waals surface area contributed by atoms with E-state index < -0.39 is 11.7 Å². The number of aromatic nitrogens is 3. The fourth-order valence-electron chi connectivity index (χ4n) is 3.12. The van der Waals surface area contributed by atoms with Crippen LogP contribution in [0.3, 0.4) is 0 Å². The van der Waals surface area contributed by atoms with Crippen LogP contribution in [0.4, 0.5) is 13.2 Å². The highest BCUT2D eigenvalue weighted by Crippen LogP contribution is 2.35. The van der Waals surface area contributed by atoms with Crippen molar-refractivity contribution in [1.29, 1.82) is 0 Å². The van der Waals surface area contributed by atoms with Crippen molar-refractivity contribution in [3.8, 4) is 28.4 Å². The molecule has 29 heavy (non-hydrogen) atoms. The van der Waals surface area contributed by atoms with Crippen LogP contribution in [0.1, 0.15) is 11.1 Å². The van der Waals surface area contributed by atoms with Crippen molar-refractivity contribution in [3.63, 3.8) is 0 Å². The lowest BCUT2D eigenvalue weighted by Gasteiger charge is -2.12. The predicted octanol–water partition coefficient (Wildman–Crippen LogP) is 6.28. The molecule has 0 radical (unpaired) electrons. The zero-order chi connectivity index (χ0) is 20.8. The summed E-state index contributed by atoms with van der Waals surface area (Å²) < 4.78 is 43.8. The quantitative estimate of drug-likeness (QED) is 0.426. The Morgan fingerprint density at radius 2 is 1.86 bits per heavy atom. The second-order valence-corrected chi connectivity index (χ2v) is 6.96. The number of alkyl halides is 3. The molecule has 4 aromatic rings. The Morgan fingerprint density at radius 1 is 1.07 bits per heavy atom. The lowest BCUT2D eigenvalue weighted by atomic mass is 10.0. The van der Waals surface area contributed by atoms with Crippen LogP contribution in [0.5, 0.6) is 5.75 Å². The van der Waals surface area contributed by atoms with Gasteiger partial charge in [0.1, 0.15) is 11.6 Å². The second kappa shape index (κ2) is 7.08. The molecular weight excluding hydrogens is 403 g/mol. The highest BCUT2D eigenvalue weighted by Gasteiger charge is 2.31. The number of hydrogen-bond donors (Lipinski definition) is 1. The maximum Gasteiger partial charge on any atom is 0.417 e. The van der Waals surface area contributed by atoms with Crippen molar-refractivity contribution in [1.82, 2.24) is 15.0 Å². The Labute approximate surface area is 169 Å². The van der Waals surface area contributed by atoms with Crippen molar-refractivity contribution < 1.29 is 17.9 Å². The van der Waals surface area contributed by atoms with Gasteiger partial charge in [-0.15, -0.1) is 0 Å². The summed E-state index contributed by atoms with van der Waals surface area (Å²) in [5.74, 6) is 1.34. The molecule has 0 atom stereocenters. The summed E-state index contributed by atoms with van der Waals surface area (Å²) in [5, 5.41) is 0.371. The van der Waals surface area contributed by atoms with Crippen LogP contribution in [0.15, 0.2) is 48.7 Å². The largest absolute Gasteiger partial charge is 0.497 e. The first-order valence-electron chi connectivity index (χ1n) is 8.64. The van der Waals surface area contributed by atoms with Crippen LogP contribution in [-0.2, 0) is 6.18 Å². The molecule has 8 heteroatoms. The first-order chi connectivity index (χ1) is 13.8. The molecule has 0 aliphatic heterocycles. The van der Waals surface area contributed by atoms with Gasteiger partial charge in [-0.2, -0.15) is 13.2 Å². The molecular formula is C21H15ClF3N3O. The first-order valence-corrected chi connectivity index (χ1v) is 9.02. The van der Waals surface area contributed by atoms with Crippen molar-refractivity contribution in [2.45, 2.75) is 13.1 Å². The molecule has 0 saturated carbocycles. The number of benzene rings is 2. The Kier molecular flexibility index (Phi) is 4.70. The van der Waals surface area contributed by atoms with Crippen molar-refractivity contribution in [2.75, 3.05) is 7.11 Å². The zero-order valence-corrected chi connectivity index (χ0v) is 16.2. The van der Waals surface area contributed by atoms with Crippen LogP contribution in [0, 0.1) is 6.92 Å². The number of imidazole rings is 1. The number of hydrogen-bond acceptors (Lipinski definition) is 3. The normalized spacial score (nSPS) is 11.8. The summed E-state index contributed by atoms with van der Waals surface area (Å²) in [4.78, 5) is 11.8. The molecule has 1 N–H and O–H groups in total. The van der Waals surface area contributed by atoms with E-state index >= 15 is 0 Å². The number of halogens is 4. The molecule has 4 nitrogen and oxygen atoms in total. The van der Waals surface area contributed by atoms with Gasteiger partial charge in [-0.25, -0.2) is 4.98 Å². The van der Waals surface area contributed by atoms with Crippen molar-refractivity contribution >= 4 is 22.6 Å². The smallest absolute Gasteiger partial charge is 0.417 e. The molecule has 0 amide bonds. The zero-order valence-electron chi connectivity index (χ0n) is 15.4. The molecule has 2 aromatic heterocycles. The van der Waals surface area contributed by atoms with Gasteiger partial charge in [-0.3, -0.25) is 4.98 Å². The lowest BCUT2D eigenvalue weighted by molar-refractivity contribution is -0.137. The third-order valence-electron chi connectivity index (χ3n) is 4.59. The molecule has 0 aliphatic carbocycles. The van der Waals surface area contributed by atoms with E-state index in [1.54, 1.807) is 32.2 Å². The fourth-order valence-corrected chi connectivity index (χ4v) is 3.39. The number of fused-ring (bicyclic) bond motifs is 1. The van der Waals surface area contributed by atoms with E-state index in [4.69, 9.17) is 16.3 Å². The predicted molar refractivity (Wildman–Crippen MR) is 106 cm³/mol. The van der Waals surface area contributed by atoms with Gasteiger partial charge in [-0.1, -0.05) is 23.7 Å². The van der Waals surface area contributed by atoms with Gasteiger partial charge < -0.3 is 9.72 Å². The Hall–Kier alpha value is -3.06. The monoisotopic (exact) mass is 417 g/mol. The van der Waals surface area contributed by atoms with Gasteiger partial charge in [0.25, 0.3) is 0 Å². The molecule has 2 aromatic carbocycles. The van der Waals surface area contributed by atoms with Crippen LogP contribution >= 0.6 is 11.6 Å². The summed E-state index contributed by atoms with van der Waals surface area (Å²) in [5.41, 5.74) is 2.91. The number of H-pyrrole nitrogens is 1. The molecule has 148 valence electrons. The number of nitrogens with one attached hydrogen (secondary N) is 1. The first kappa shape index (κ1) is 19.3. The lowest BCUT2D eigenvalue weighted by Crippen LogP contribution is -2.06. The van der Waals surface area contributed by atoms with Crippen molar-refractivity contribution in [2.24, 2.45) is 0 Å². The minimum atomic E-state index is -4.44. The number of rotatable bonds is 3. The van der Waals surface area contributed by atoms with E-state index in [2.05, 4.69) is 15.0 Å². The second-order valence-electron chi connectivity index (χ2n) is 6.55. The number of pyridine rings is 1. The van der Waals surface area contributed by atoms with Crippen LogP contribution in [-0.4, -0.2) is 22.1 Å². The highest BCUT2D eigenvalue weighted by molar-refractivity contribution is 6.33. The van der Waals surface area contributed by atoms with Gasteiger partial charge >= 0.3 is 6.18 Å². The maximum absolute atomic E-state index is 12.9. The molecule has 0 spiro atoms. The molecule has 0 unspecified atom stereocenters. The molecule has 0 saturated heterocycles. The van der Waals surface area contributed by atoms with E-state index in [-0.39, 0.29) is 0 Å². The average molecular weight is 418 g/mol.